The molecule has 5 aromatic rings. The maximum absolute atomic E-state index is 13.3. The second kappa shape index (κ2) is 9.79. The first-order chi connectivity index (χ1) is 19.4. The van der Waals surface area contributed by atoms with Gasteiger partial charge < -0.3 is 5.11 Å². The fraction of sp³-hybridized carbons (Fsp3) is 0.333. The summed E-state index contributed by atoms with van der Waals surface area (Å²) >= 11 is 0. The smallest absolute Gasteiger partial charge is 0.264 e. The Morgan fingerprint density at radius 3 is 2.42 bits per heavy atom. The zero-order valence-electron chi connectivity index (χ0n) is 22.0. The van der Waals surface area contributed by atoms with Gasteiger partial charge >= 0.3 is 0 Å². The van der Waals surface area contributed by atoms with Gasteiger partial charge in [0.15, 0.2) is 5.65 Å². The summed E-state index contributed by atoms with van der Waals surface area (Å²) in [6.07, 6.45) is 10.5. The number of hydrogen-bond donors (Lipinski definition) is 1. The van der Waals surface area contributed by atoms with Crippen molar-refractivity contribution in [3.8, 4) is 16.8 Å². The number of fused-ring (bicyclic) bond motifs is 1. The maximum atomic E-state index is 13.3. The number of piperidine rings is 1. The predicted molar refractivity (Wildman–Crippen MR) is 148 cm³/mol. The molecule has 4 heterocycles. The molecule has 9 nitrogen and oxygen atoms in total. The molecule has 0 atom stereocenters. The van der Waals surface area contributed by atoms with Gasteiger partial charge in [0.1, 0.15) is 17.5 Å². The lowest BCUT2D eigenvalue weighted by molar-refractivity contribution is -0.0364. The number of halogens is 1. The van der Waals surface area contributed by atoms with Gasteiger partial charge in [-0.3, -0.25) is 18.9 Å². The van der Waals surface area contributed by atoms with Crippen LogP contribution in [0.25, 0.3) is 27.8 Å². The highest BCUT2D eigenvalue weighted by Crippen LogP contribution is 2.35. The number of rotatable bonds is 7. The molecule has 7 rings (SSSR count). The average molecular weight is 540 g/mol. The molecule has 1 saturated heterocycles. The van der Waals surface area contributed by atoms with E-state index in [1.165, 1.54) is 35.9 Å². The topological polar surface area (TPSA) is 94.0 Å². The largest absolute Gasteiger partial charge is 0.388 e. The summed E-state index contributed by atoms with van der Waals surface area (Å²) in [4.78, 5) is 20.1. The van der Waals surface area contributed by atoms with Crippen LogP contribution in [-0.2, 0) is 13.1 Å². The Labute approximate surface area is 230 Å². The fourth-order valence-corrected chi connectivity index (χ4v) is 5.52. The lowest BCUT2D eigenvalue weighted by Gasteiger charge is -2.38. The minimum Gasteiger partial charge on any atom is -0.388 e. The third-order valence-corrected chi connectivity index (χ3v) is 8.09. The molecular weight excluding hydrogens is 509 g/mol. The molecule has 0 spiro atoms. The van der Waals surface area contributed by atoms with Crippen LogP contribution in [0, 0.1) is 5.82 Å². The van der Waals surface area contributed by atoms with E-state index in [2.05, 4.69) is 26.3 Å². The van der Waals surface area contributed by atoms with Crippen LogP contribution in [0.3, 0.4) is 0 Å². The summed E-state index contributed by atoms with van der Waals surface area (Å²) in [6, 6.07) is 15.0. The number of aromatic nitrogens is 6. The predicted octanol–water partition coefficient (Wildman–Crippen LogP) is 3.95. The van der Waals surface area contributed by atoms with Gasteiger partial charge in [0.05, 0.1) is 36.3 Å². The van der Waals surface area contributed by atoms with Gasteiger partial charge in [-0.1, -0.05) is 24.3 Å². The van der Waals surface area contributed by atoms with Crippen LogP contribution in [0.4, 0.5) is 4.39 Å². The zero-order chi connectivity index (χ0) is 27.3. The number of benzene rings is 2. The first kappa shape index (κ1) is 24.9. The van der Waals surface area contributed by atoms with Crippen molar-refractivity contribution in [1.82, 2.24) is 34.0 Å². The normalized spacial score (nSPS) is 17.4. The van der Waals surface area contributed by atoms with Gasteiger partial charge in [-0.2, -0.15) is 10.2 Å². The van der Waals surface area contributed by atoms with Gasteiger partial charge in [0.2, 0.25) is 0 Å². The molecule has 1 aliphatic carbocycles. The minimum absolute atomic E-state index is 0.174. The molecule has 2 aromatic carbocycles. The average Bonchev–Trinajstić information content (AvgIpc) is 3.53. The minimum atomic E-state index is -1.00. The van der Waals surface area contributed by atoms with Crippen LogP contribution in [0.2, 0.25) is 0 Å². The first-order valence-electron chi connectivity index (χ1n) is 13.7. The van der Waals surface area contributed by atoms with Crippen molar-refractivity contribution in [2.75, 3.05) is 13.1 Å². The highest BCUT2D eigenvalue weighted by molar-refractivity contribution is 5.75. The summed E-state index contributed by atoms with van der Waals surface area (Å²) in [7, 11) is 0. The van der Waals surface area contributed by atoms with E-state index in [-0.39, 0.29) is 17.9 Å². The van der Waals surface area contributed by atoms with Crippen molar-refractivity contribution in [3.63, 3.8) is 0 Å². The molecular formula is C30H30FN7O2. The van der Waals surface area contributed by atoms with Crippen LogP contribution in [0.1, 0.15) is 37.3 Å². The first-order valence-corrected chi connectivity index (χ1v) is 13.7. The fourth-order valence-electron chi connectivity index (χ4n) is 5.52. The highest BCUT2D eigenvalue weighted by atomic mass is 19.1. The molecule has 2 aliphatic rings. The van der Waals surface area contributed by atoms with E-state index < -0.39 is 5.60 Å². The van der Waals surface area contributed by atoms with Crippen molar-refractivity contribution in [2.45, 2.75) is 50.4 Å². The Morgan fingerprint density at radius 1 is 0.950 bits per heavy atom. The summed E-state index contributed by atoms with van der Waals surface area (Å²) in [5.74, 6) is -0.246. The molecule has 0 radical (unpaired) electrons. The standard InChI is InChI=1S/C30H30FN7O2/c31-24-5-1-21(2-6-24)17-35-13-11-30(40,12-14-35)19-36-20-32-28-27(29(36)39)16-34-38(28)26-7-3-22(4-8-26)23-15-33-37(18-23)25-9-10-25/h1-8,15-16,18,20,25,40H,9-14,17,19H2. The Morgan fingerprint density at radius 2 is 1.70 bits per heavy atom. The number of hydrogen-bond acceptors (Lipinski definition) is 6. The molecule has 10 heteroatoms. The summed E-state index contributed by atoms with van der Waals surface area (Å²) in [5.41, 5.74) is 3.25. The second-order valence-electron chi connectivity index (χ2n) is 11.1. The SMILES string of the molecule is O=c1c2cnn(-c3ccc(-c4cnn(C5CC5)c4)cc3)c2ncn1CC1(O)CCN(Cc2ccc(F)cc2)CC1. The zero-order valence-corrected chi connectivity index (χ0v) is 22.0. The summed E-state index contributed by atoms with van der Waals surface area (Å²) in [5, 5.41) is 20.6. The molecule has 0 amide bonds. The van der Waals surface area contributed by atoms with E-state index in [9.17, 15) is 14.3 Å². The summed E-state index contributed by atoms with van der Waals surface area (Å²) < 4.78 is 18.4. The van der Waals surface area contributed by atoms with Crippen LogP contribution >= 0.6 is 0 Å². The molecule has 204 valence electrons. The highest BCUT2D eigenvalue weighted by Gasteiger charge is 2.33. The number of likely N-dealkylation sites (tertiary alicyclic amines) is 1. The maximum Gasteiger partial charge on any atom is 0.264 e. The Balaban J connectivity index is 1.05. The second-order valence-corrected chi connectivity index (χ2v) is 11.1. The Bertz CT molecular complexity index is 1710. The summed E-state index contributed by atoms with van der Waals surface area (Å²) in [6.45, 7) is 2.25. The van der Waals surface area contributed by atoms with Crippen molar-refractivity contribution in [1.29, 1.82) is 0 Å². The van der Waals surface area contributed by atoms with Gasteiger partial charge in [0.25, 0.3) is 5.56 Å². The molecule has 1 N–H and O–H groups in total. The molecule has 0 bridgehead atoms. The molecule has 3 aromatic heterocycles. The van der Waals surface area contributed by atoms with E-state index >= 15 is 0 Å². The van der Waals surface area contributed by atoms with Crippen LogP contribution in [0.15, 0.2) is 78.2 Å². The van der Waals surface area contributed by atoms with Crippen molar-refractivity contribution < 1.29 is 9.50 Å². The van der Waals surface area contributed by atoms with Crippen LogP contribution < -0.4 is 5.56 Å². The van der Waals surface area contributed by atoms with Gasteiger partial charge in [0, 0.05) is 31.4 Å². The van der Waals surface area contributed by atoms with E-state index in [1.807, 2.05) is 35.1 Å². The van der Waals surface area contributed by atoms with Crippen molar-refractivity contribution >= 4 is 11.0 Å². The van der Waals surface area contributed by atoms with Crippen LogP contribution in [0.5, 0.6) is 0 Å². The monoisotopic (exact) mass is 539 g/mol. The van der Waals surface area contributed by atoms with E-state index in [1.54, 1.807) is 23.0 Å². The molecule has 1 saturated carbocycles. The lowest BCUT2D eigenvalue weighted by Crippen LogP contribution is -2.47. The lowest BCUT2D eigenvalue weighted by atomic mass is 9.91. The van der Waals surface area contributed by atoms with Gasteiger partial charge in [-0.15, -0.1) is 0 Å². The number of aliphatic hydroxyl groups is 1. The van der Waals surface area contributed by atoms with Gasteiger partial charge in [-0.25, -0.2) is 14.1 Å². The molecule has 2 fully saturated rings. The van der Waals surface area contributed by atoms with E-state index in [4.69, 9.17) is 0 Å². The van der Waals surface area contributed by atoms with E-state index in [0.717, 1.165) is 22.4 Å². The molecule has 0 unspecified atom stereocenters. The van der Waals surface area contributed by atoms with Crippen molar-refractivity contribution in [3.05, 3.63) is 95.2 Å². The molecule has 40 heavy (non-hydrogen) atoms. The molecule has 1 aliphatic heterocycles. The Kier molecular flexibility index (Phi) is 6.09. The third kappa shape index (κ3) is 4.84. The Hall–Kier alpha value is -4.15. The quantitative estimate of drug-likeness (QED) is 0.337. The van der Waals surface area contributed by atoms with Crippen LogP contribution in [-0.4, -0.2) is 57.8 Å². The van der Waals surface area contributed by atoms with Gasteiger partial charge in [-0.05, 0) is 61.1 Å². The number of nitrogens with zero attached hydrogens (tertiary/aromatic N) is 7. The van der Waals surface area contributed by atoms with Crippen molar-refractivity contribution in [2.24, 2.45) is 0 Å². The van der Waals surface area contributed by atoms with E-state index in [0.29, 0.717) is 49.6 Å². The third-order valence-electron chi connectivity index (χ3n) is 8.09.